The first-order chi connectivity index (χ1) is 6.97. The summed E-state index contributed by atoms with van der Waals surface area (Å²) in [6, 6.07) is -0.0240. The Balaban J connectivity index is 2.39. The topological polar surface area (TPSA) is 52.3 Å². The van der Waals surface area contributed by atoms with Crippen molar-refractivity contribution in [1.82, 2.24) is 0 Å². The molecule has 88 valence electrons. The molecule has 1 saturated carbocycles. The van der Waals surface area contributed by atoms with Crippen LogP contribution in [0.5, 0.6) is 0 Å². The predicted molar refractivity (Wildman–Crippen MR) is 60.3 cm³/mol. The lowest BCUT2D eigenvalue weighted by atomic mass is 9.85. The van der Waals surface area contributed by atoms with Crippen molar-refractivity contribution in [2.24, 2.45) is 17.1 Å². The quantitative estimate of drug-likeness (QED) is 0.727. The molecule has 0 aromatic carbocycles. The van der Waals surface area contributed by atoms with Gasteiger partial charge in [-0.3, -0.25) is 4.79 Å². The molecule has 0 aromatic heterocycles. The van der Waals surface area contributed by atoms with Gasteiger partial charge in [0.25, 0.3) is 0 Å². The zero-order valence-corrected chi connectivity index (χ0v) is 10.1. The predicted octanol–water partition coefficient (Wildman–Crippen LogP) is 2.09. The van der Waals surface area contributed by atoms with E-state index in [0.717, 1.165) is 25.7 Å². The standard InChI is InChI=1S/C12H23NO2/c1-9(2)6-8-15-11(14)12(3)7-4-5-10(12)13/h9-10H,4-8,13H2,1-3H3. The Morgan fingerprint density at radius 2 is 2.27 bits per heavy atom. The number of esters is 1. The monoisotopic (exact) mass is 213 g/mol. The van der Waals surface area contributed by atoms with Crippen LogP contribution < -0.4 is 5.73 Å². The van der Waals surface area contributed by atoms with Gasteiger partial charge in [0.2, 0.25) is 0 Å². The number of carbonyl (C=O) groups excluding carboxylic acids is 1. The Morgan fingerprint density at radius 1 is 1.60 bits per heavy atom. The molecule has 2 unspecified atom stereocenters. The molecule has 0 aliphatic heterocycles. The van der Waals surface area contributed by atoms with Gasteiger partial charge in [0.05, 0.1) is 12.0 Å². The van der Waals surface area contributed by atoms with E-state index in [1.165, 1.54) is 0 Å². The minimum Gasteiger partial charge on any atom is -0.465 e. The fourth-order valence-electron chi connectivity index (χ4n) is 2.00. The van der Waals surface area contributed by atoms with E-state index in [1.807, 2.05) is 6.92 Å². The van der Waals surface area contributed by atoms with E-state index in [2.05, 4.69) is 13.8 Å². The third kappa shape index (κ3) is 2.94. The molecule has 3 nitrogen and oxygen atoms in total. The van der Waals surface area contributed by atoms with Crippen LogP contribution in [0.3, 0.4) is 0 Å². The second-order valence-corrected chi connectivity index (χ2v) is 5.23. The first kappa shape index (κ1) is 12.5. The van der Waals surface area contributed by atoms with Crippen molar-refractivity contribution >= 4 is 5.97 Å². The second kappa shape index (κ2) is 4.97. The number of ether oxygens (including phenoxy) is 1. The molecule has 0 saturated heterocycles. The maximum atomic E-state index is 11.9. The van der Waals surface area contributed by atoms with Crippen molar-refractivity contribution in [3.8, 4) is 0 Å². The summed E-state index contributed by atoms with van der Waals surface area (Å²) in [5.74, 6) is 0.469. The summed E-state index contributed by atoms with van der Waals surface area (Å²) >= 11 is 0. The van der Waals surface area contributed by atoms with E-state index in [1.54, 1.807) is 0 Å². The maximum Gasteiger partial charge on any atom is 0.313 e. The van der Waals surface area contributed by atoms with Crippen LogP contribution in [0.1, 0.15) is 46.5 Å². The van der Waals surface area contributed by atoms with Crippen LogP contribution in [0.25, 0.3) is 0 Å². The van der Waals surface area contributed by atoms with Crippen LogP contribution in [-0.4, -0.2) is 18.6 Å². The number of hydrogen-bond acceptors (Lipinski definition) is 3. The molecule has 1 rings (SSSR count). The second-order valence-electron chi connectivity index (χ2n) is 5.23. The van der Waals surface area contributed by atoms with Gasteiger partial charge in [-0.25, -0.2) is 0 Å². The minimum absolute atomic E-state index is 0.0240. The van der Waals surface area contributed by atoms with E-state index >= 15 is 0 Å². The molecule has 0 amide bonds. The number of hydrogen-bond donors (Lipinski definition) is 1. The Bertz CT molecular complexity index is 228. The molecule has 0 radical (unpaired) electrons. The van der Waals surface area contributed by atoms with Gasteiger partial charge in [-0.1, -0.05) is 20.3 Å². The summed E-state index contributed by atoms with van der Waals surface area (Å²) in [6.07, 6.45) is 3.78. The Kier molecular flexibility index (Phi) is 4.14. The molecule has 15 heavy (non-hydrogen) atoms. The largest absolute Gasteiger partial charge is 0.465 e. The molecule has 1 aliphatic rings. The number of carbonyl (C=O) groups is 1. The fourth-order valence-corrected chi connectivity index (χ4v) is 2.00. The normalized spacial score (nSPS) is 30.9. The van der Waals surface area contributed by atoms with Gasteiger partial charge in [-0.2, -0.15) is 0 Å². The summed E-state index contributed by atoms with van der Waals surface area (Å²) in [5.41, 5.74) is 5.51. The summed E-state index contributed by atoms with van der Waals surface area (Å²) in [7, 11) is 0. The summed E-state index contributed by atoms with van der Waals surface area (Å²) in [6.45, 7) is 6.70. The molecule has 0 bridgehead atoms. The lowest BCUT2D eigenvalue weighted by Crippen LogP contribution is -2.42. The number of rotatable bonds is 4. The highest BCUT2D eigenvalue weighted by molar-refractivity contribution is 5.77. The fraction of sp³-hybridized carbons (Fsp3) is 0.917. The SMILES string of the molecule is CC(C)CCOC(=O)C1(C)CCCC1N. The van der Waals surface area contributed by atoms with E-state index < -0.39 is 5.41 Å². The molecule has 1 fully saturated rings. The molecule has 1 aliphatic carbocycles. The minimum atomic E-state index is -0.434. The molecular weight excluding hydrogens is 190 g/mol. The summed E-state index contributed by atoms with van der Waals surface area (Å²) < 4.78 is 5.29. The molecule has 2 atom stereocenters. The average molecular weight is 213 g/mol. The Labute approximate surface area is 92.4 Å². The zero-order valence-electron chi connectivity index (χ0n) is 10.1. The zero-order chi connectivity index (χ0) is 11.5. The van der Waals surface area contributed by atoms with E-state index in [-0.39, 0.29) is 12.0 Å². The van der Waals surface area contributed by atoms with Gasteiger partial charge in [0.1, 0.15) is 0 Å². The van der Waals surface area contributed by atoms with Gasteiger partial charge in [-0.05, 0) is 32.1 Å². The lowest BCUT2D eigenvalue weighted by Gasteiger charge is -2.26. The lowest BCUT2D eigenvalue weighted by molar-refractivity contribution is -0.155. The van der Waals surface area contributed by atoms with Crippen molar-refractivity contribution in [3.05, 3.63) is 0 Å². The van der Waals surface area contributed by atoms with Gasteiger partial charge < -0.3 is 10.5 Å². The molecule has 3 heteroatoms. The van der Waals surface area contributed by atoms with E-state index in [0.29, 0.717) is 12.5 Å². The van der Waals surface area contributed by atoms with Crippen LogP contribution in [-0.2, 0) is 9.53 Å². The van der Waals surface area contributed by atoms with Gasteiger partial charge in [0, 0.05) is 6.04 Å². The van der Waals surface area contributed by atoms with Crippen molar-refractivity contribution in [1.29, 1.82) is 0 Å². The van der Waals surface area contributed by atoms with Crippen molar-refractivity contribution in [2.45, 2.75) is 52.5 Å². The average Bonchev–Trinajstić information content (AvgIpc) is 2.47. The third-order valence-electron chi connectivity index (χ3n) is 3.42. The Hall–Kier alpha value is -0.570. The van der Waals surface area contributed by atoms with Gasteiger partial charge in [-0.15, -0.1) is 0 Å². The molecule has 0 aromatic rings. The van der Waals surface area contributed by atoms with Crippen LogP contribution in [0.15, 0.2) is 0 Å². The van der Waals surface area contributed by atoms with E-state index in [9.17, 15) is 4.79 Å². The summed E-state index contributed by atoms with van der Waals surface area (Å²) in [5, 5.41) is 0. The smallest absolute Gasteiger partial charge is 0.313 e. The van der Waals surface area contributed by atoms with Crippen LogP contribution in [0.2, 0.25) is 0 Å². The van der Waals surface area contributed by atoms with Crippen molar-refractivity contribution in [2.75, 3.05) is 6.61 Å². The molecule has 2 N–H and O–H groups in total. The van der Waals surface area contributed by atoms with E-state index in [4.69, 9.17) is 10.5 Å². The van der Waals surface area contributed by atoms with Crippen molar-refractivity contribution < 1.29 is 9.53 Å². The molecular formula is C12H23NO2. The highest BCUT2D eigenvalue weighted by atomic mass is 16.5. The maximum absolute atomic E-state index is 11.9. The first-order valence-corrected chi connectivity index (χ1v) is 5.89. The summed E-state index contributed by atoms with van der Waals surface area (Å²) in [4.78, 5) is 11.9. The van der Waals surface area contributed by atoms with Gasteiger partial charge in [0.15, 0.2) is 0 Å². The van der Waals surface area contributed by atoms with Crippen LogP contribution >= 0.6 is 0 Å². The van der Waals surface area contributed by atoms with Gasteiger partial charge >= 0.3 is 5.97 Å². The van der Waals surface area contributed by atoms with Crippen LogP contribution in [0.4, 0.5) is 0 Å². The highest BCUT2D eigenvalue weighted by Gasteiger charge is 2.44. The molecule has 0 spiro atoms. The first-order valence-electron chi connectivity index (χ1n) is 5.89. The van der Waals surface area contributed by atoms with Crippen LogP contribution in [0, 0.1) is 11.3 Å². The molecule has 0 heterocycles. The highest BCUT2D eigenvalue weighted by Crippen LogP contribution is 2.37. The Morgan fingerprint density at radius 3 is 2.73 bits per heavy atom. The van der Waals surface area contributed by atoms with Crippen molar-refractivity contribution in [3.63, 3.8) is 0 Å². The third-order valence-corrected chi connectivity index (χ3v) is 3.42. The number of nitrogens with two attached hydrogens (primary N) is 1.